The number of carbonyl (C=O) groups is 1. The number of esters is 1. The Morgan fingerprint density at radius 3 is 2.44 bits per heavy atom. The number of carbonyl (C=O) groups excluding carboxylic acids is 1. The maximum atomic E-state index is 11.3. The van der Waals surface area contributed by atoms with Crippen LogP contribution >= 0.6 is 7.60 Å². The van der Waals surface area contributed by atoms with Crippen molar-refractivity contribution >= 4 is 13.6 Å². The van der Waals surface area contributed by atoms with Gasteiger partial charge in [-0.1, -0.05) is 18.2 Å². The molecule has 0 aliphatic heterocycles. The molecule has 1 aromatic rings. The number of ether oxygens (including phenoxy) is 1. The Morgan fingerprint density at radius 2 is 1.94 bits per heavy atom. The van der Waals surface area contributed by atoms with E-state index in [2.05, 4.69) is 9.26 Å². The SMILES string of the molecule is COC(=O)CP(=O)([O-])Oc1ccccc1.[Li+]. The van der Waals surface area contributed by atoms with Gasteiger partial charge < -0.3 is 14.2 Å². The van der Waals surface area contributed by atoms with Crippen molar-refractivity contribution in [3.8, 4) is 5.75 Å². The van der Waals surface area contributed by atoms with Gasteiger partial charge >= 0.3 is 24.8 Å². The maximum absolute atomic E-state index is 11.3. The molecule has 0 aromatic heterocycles. The summed E-state index contributed by atoms with van der Waals surface area (Å²) < 4.78 is 20.2. The molecule has 0 aliphatic rings. The number of para-hydroxylation sites is 1. The minimum absolute atomic E-state index is 0. The predicted molar refractivity (Wildman–Crippen MR) is 51.6 cm³/mol. The minimum Gasteiger partial charge on any atom is -0.769 e. The van der Waals surface area contributed by atoms with Crippen LogP contribution in [0.1, 0.15) is 0 Å². The van der Waals surface area contributed by atoms with E-state index < -0.39 is 19.7 Å². The summed E-state index contributed by atoms with van der Waals surface area (Å²) in [5, 5.41) is 0. The van der Waals surface area contributed by atoms with Crippen molar-refractivity contribution in [1.29, 1.82) is 0 Å². The van der Waals surface area contributed by atoms with Crippen molar-refractivity contribution in [2.24, 2.45) is 0 Å². The molecular weight excluding hydrogens is 226 g/mol. The zero-order chi connectivity index (χ0) is 11.3. The Bertz CT molecular complexity index is 381. The third kappa shape index (κ3) is 5.39. The second kappa shape index (κ2) is 6.77. The van der Waals surface area contributed by atoms with E-state index in [0.717, 1.165) is 7.11 Å². The first kappa shape index (κ1) is 15.3. The second-order valence-electron chi connectivity index (χ2n) is 2.75. The van der Waals surface area contributed by atoms with Crippen LogP contribution in [0.5, 0.6) is 5.75 Å². The summed E-state index contributed by atoms with van der Waals surface area (Å²) in [6.07, 6.45) is -0.765. The van der Waals surface area contributed by atoms with Crippen molar-refractivity contribution in [3.63, 3.8) is 0 Å². The Labute approximate surface area is 105 Å². The fourth-order valence-corrected chi connectivity index (χ4v) is 1.85. The molecule has 0 heterocycles. The van der Waals surface area contributed by atoms with Gasteiger partial charge in [-0.3, -0.25) is 9.36 Å². The summed E-state index contributed by atoms with van der Waals surface area (Å²) in [5.41, 5.74) is 0. The molecule has 5 nitrogen and oxygen atoms in total. The average Bonchev–Trinajstić information content (AvgIpc) is 2.17. The zero-order valence-electron chi connectivity index (χ0n) is 9.08. The summed E-state index contributed by atoms with van der Waals surface area (Å²) in [4.78, 5) is 22.0. The van der Waals surface area contributed by atoms with Crippen LogP contribution < -0.4 is 28.3 Å². The van der Waals surface area contributed by atoms with Crippen LogP contribution in [0.15, 0.2) is 30.3 Å². The van der Waals surface area contributed by atoms with E-state index in [1.165, 1.54) is 12.1 Å². The van der Waals surface area contributed by atoms with Gasteiger partial charge in [-0.2, -0.15) is 0 Å². The largest absolute Gasteiger partial charge is 1.00 e. The molecular formula is C9H10LiO5P. The van der Waals surface area contributed by atoms with E-state index in [4.69, 9.17) is 0 Å². The molecule has 0 radical (unpaired) electrons. The zero-order valence-corrected chi connectivity index (χ0v) is 9.98. The Kier molecular flexibility index (Phi) is 6.47. The van der Waals surface area contributed by atoms with Gasteiger partial charge in [0.2, 0.25) is 0 Å². The van der Waals surface area contributed by atoms with E-state index in [9.17, 15) is 14.3 Å². The Balaban J connectivity index is 0.00000225. The first-order chi connectivity index (χ1) is 7.03. The van der Waals surface area contributed by atoms with E-state index >= 15 is 0 Å². The molecule has 1 atom stereocenters. The quantitative estimate of drug-likeness (QED) is 0.337. The van der Waals surface area contributed by atoms with Crippen molar-refractivity contribution in [1.82, 2.24) is 0 Å². The van der Waals surface area contributed by atoms with Gasteiger partial charge in [0.1, 0.15) is 11.9 Å². The molecule has 0 bridgehead atoms. The van der Waals surface area contributed by atoms with E-state index in [-0.39, 0.29) is 24.6 Å². The fourth-order valence-electron chi connectivity index (χ4n) is 0.897. The Hall–Kier alpha value is -0.723. The molecule has 0 fully saturated rings. The molecule has 1 aromatic carbocycles. The third-order valence-corrected chi connectivity index (χ3v) is 2.67. The van der Waals surface area contributed by atoms with Crippen LogP contribution in [0, 0.1) is 0 Å². The summed E-state index contributed by atoms with van der Waals surface area (Å²) in [6, 6.07) is 7.97. The molecule has 0 amide bonds. The first-order valence-electron chi connectivity index (χ1n) is 4.15. The molecule has 0 aliphatic carbocycles. The van der Waals surface area contributed by atoms with Crippen LogP contribution in [0.2, 0.25) is 0 Å². The van der Waals surface area contributed by atoms with E-state index in [1.54, 1.807) is 18.2 Å². The molecule has 82 valence electrons. The van der Waals surface area contributed by atoms with Crippen molar-refractivity contribution < 1.29 is 42.4 Å². The Morgan fingerprint density at radius 1 is 1.38 bits per heavy atom. The normalized spacial score (nSPS) is 13.1. The molecule has 0 N–H and O–H groups in total. The first-order valence-corrected chi connectivity index (χ1v) is 5.88. The number of hydrogen-bond acceptors (Lipinski definition) is 5. The summed E-state index contributed by atoms with van der Waals surface area (Å²) in [7, 11) is -3.10. The molecule has 0 saturated heterocycles. The van der Waals surface area contributed by atoms with Gasteiger partial charge in [0.15, 0.2) is 7.60 Å². The van der Waals surface area contributed by atoms with E-state index in [1.807, 2.05) is 0 Å². The van der Waals surface area contributed by atoms with Gasteiger partial charge in [-0.25, -0.2) is 0 Å². The molecule has 7 heteroatoms. The average molecular weight is 236 g/mol. The topological polar surface area (TPSA) is 75.7 Å². The molecule has 16 heavy (non-hydrogen) atoms. The molecule has 0 saturated carbocycles. The summed E-state index contributed by atoms with van der Waals surface area (Å²) >= 11 is 0. The number of methoxy groups -OCH3 is 1. The minimum atomic E-state index is -4.21. The molecule has 0 spiro atoms. The number of rotatable bonds is 4. The van der Waals surface area contributed by atoms with Crippen LogP contribution in [0.3, 0.4) is 0 Å². The molecule has 1 rings (SSSR count). The van der Waals surface area contributed by atoms with Crippen LogP contribution in [-0.4, -0.2) is 19.2 Å². The van der Waals surface area contributed by atoms with Crippen molar-refractivity contribution in [2.45, 2.75) is 0 Å². The van der Waals surface area contributed by atoms with Gasteiger partial charge in [0, 0.05) is 0 Å². The predicted octanol–water partition coefficient (Wildman–Crippen LogP) is -2.20. The van der Waals surface area contributed by atoms with Crippen molar-refractivity contribution in [3.05, 3.63) is 30.3 Å². The van der Waals surface area contributed by atoms with Gasteiger partial charge in [0.05, 0.1) is 7.11 Å². The van der Waals surface area contributed by atoms with Gasteiger partial charge in [-0.15, -0.1) is 0 Å². The van der Waals surface area contributed by atoms with Crippen LogP contribution in [0.4, 0.5) is 0 Å². The van der Waals surface area contributed by atoms with Gasteiger partial charge in [-0.05, 0) is 12.1 Å². The standard InChI is InChI=1S/C9H11O5P.Li/c1-13-9(10)7-15(11,12)14-8-5-3-2-4-6-8;/h2-6H,7H2,1H3,(H,11,12);/q;+1/p-1. The van der Waals surface area contributed by atoms with Crippen LogP contribution in [-0.2, 0) is 14.1 Å². The fraction of sp³-hybridized carbons (Fsp3) is 0.222. The molecule has 1 unspecified atom stereocenters. The number of hydrogen-bond donors (Lipinski definition) is 0. The van der Waals surface area contributed by atoms with E-state index in [0.29, 0.717) is 0 Å². The summed E-state index contributed by atoms with van der Waals surface area (Å²) in [6.45, 7) is 0. The number of benzene rings is 1. The smallest absolute Gasteiger partial charge is 0.769 e. The monoisotopic (exact) mass is 236 g/mol. The maximum Gasteiger partial charge on any atom is 1.00 e. The summed E-state index contributed by atoms with van der Waals surface area (Å²) in [5.74, 6) is -0.663. The van der Waals surface area contributed by atoms with Crippen molar-refractivity contribution in [2.75, 3.05) is 13.3 Å². The van der Waals surface area contributed by atoms with Crippen LogP contribution in [0.25, 0.3) is 0 Å². The third-order valence-electron chi connectivity index (χ3n) is 1.54. The van der Waals surface area contributed by atoms with Gasteiger partial charge in [0.25, 0.3) is 0 Å². The second-order valence-corrected chi connectivity index (χ2v) is 4.47.